The van der Waals surface area contributed by atoms with Crippen molar-refractivity contribution in [2.24, 2.45) is 13.0 Å². The van der Waals surface area contributed by atoms with Crippen molar-refractivity contribution in [2.45, 2.75) is 38.1 Å². The van der Waals surface area contributed by atoms with Crippen LogP contribution < -0.4 is 16.0 Å². The zero-order valence-electron chi connectivity index (χ0n) is 16.5. The van der Waals surface area contributed by atoms with Gasteiger partial charge in [0.15, 0.2) is 5.65 Å². The number of hydrogen-bond donors (Lipinski definition) is 0. The van der Waals surface area contributed by atoms with Crippen LogP contribution in [-0.2, 0) is 13.6 Å². The predicted octanol–water partition coefficient (Wildman–Crippen LogP) is 1.68. The molecule has 1 saturated carbocycles. The first-order chi connectivity index (χ1) is 14.1. The summed E-state index contributed by atoms with van der Waals surface area (Å²) < 4.78 is 3.34. The molecule has 8 nitrogen and oxygen atoms in total. The van der Waals surface area contributed by atoms with Crippen LogP contribution in [-0.4, -0.2) is 37.2 Å². The summed E-state index contributed by atoms with van der Waals surface area (Å²) in [6.07, 6.45) is 7.54. The van der Waals surface area contributed by atoms with Crippen molar-refractivity contribution in [2.75, 3.05) is 18.0 Å². The maximum absolute atomic E-state index is 12.6. The molecule has 3 aromatic heterocycles. The van der Waals surface area contributed by atoms with Crippen molar-refractivity contribution in [3.8, 4) is 0 Å². The molecule has 1 aliphatic heterocycles. The maximum atomic E-state index is 12.6. The Hall–Kier alpha value is -3.03. The van der Waals surface area contributed by atoms with E-state index in [4.69, 9.17) is 0 Å². The van der Waals surface area contributed by atoms with Gasteiger partial charge in [-0.05, 0) is 43.7 Å². The van der Waals surface area contributed by atoms with Crippen LogP contribution in [0.25, 0.3) is 11.0 Å². The number of fused-ring (bicyclic) bond motifs is 1. The third kappa shape index (κ3) is 3.43. The Kier molecular flexibility index (Phi) is 4.41. The zero-order valence-corrected chi connectivity index (χ0v) is 16.5. The van der Waals surface area contributed by atoms with Crippen molar-refractivity contribution >= 4 is 17.0 Å². The van der Waals surface area contributed by atoms with E-state index in [1.165, 1.54) is 0 Å². The Bertz CT molecular complexity index is 1170. The average molecular weight is 392 g/mol. The molecule has 150 valence electrons. The molecule has 0 N–H and O–H groups in total. The minimum atomic E-state index is -0.0754. The highest BCUT2D eigenvalue weighted by Gasteiger charge is 2.26. The van der Waals surface area contributed by atoms with E-state index in [1.54, 1.807) is 46.9 Å². The smallest absolute Gasteiger partial charge is 0.264 e. The molecule has 8 heteroatoms. The Balaban J connectivity index is 1.29. The van der Waals surface area contributed by atoms with Crippen molar-refractivity contribution in [1.29, 1.82) is 0 Å². The minimum absolute atomic E-state index is 0.0500. The van der Waals surface area contributed by atoms with E-state index in [1.807, 2.05) is 0 Å². The number of hydrogen-bond acceptors (Lipinski definition) is 6. The summed E-state index contributed by atoms with van der Waals surface area (Å²) in [5.74, 6) is 1.57. The summed E-state index contributed by atoms with van der Waals surface area (Å²) in [6.45, 7) is 2.29. The Labute approximate surface area is 167 Å². The van der Waals surface area contributed by atoms with Gasteiger partial charge in [-0.25, -0.2) is 9.97 Å². The van der Waals surface area contributed by atoms with Crippen LogP contribution >= 0.6 is 0 Å². The molecule has 0 radical (unpaired) electrons. The van der Waals surface area contributed by atoms with Crippen LogP contribution in [0, 0.1) is 5.92 Å². The highest BCUT2D eigenvalue weighted by atomic mass is 16.1. The van der Waals surface area contributed by atoms with Gasteiger partial charge < -0.3 is 4.90 Å². The van der Waals surface area contributed by atoms with Gasteiger partial charge in [0.2, 0.25) is 5.95 Å². The number of aromatic nitrogens is 5. The molecule has 2 fully saturated rings. The second-order valence-corrected chi connectivity index (χ2v) is 8.16. The Morgan fingerprint density at radius 3 is 2.62 bits per heavy atom. The van der Waals surface area contributed by atoms with Gasteiger partial charge in [0.1, 0.15) is 0 Å². The Morgan fingerprint density at radius 1 is 1.10 bits per heavy atom. The molecule has 0 bridgehead atoms. The minimum Gasteiger partial charge on any atom is -0.342 e. The van der Waals surface area contributed by atoms with Crippen LogP contribution in [0.1, 0.15) is 37.3 Å². The molecule has 1 aliphatic carbocycles. The third-order valence-corrected chi connectivity index (χ3v) is 6.08. The number of rotatable bonds is 4. The highest BCUT2D eigenvalue weighted by molar-refractivity contribution is 5.74. The Morgan fingerprint density at radius 2 is 1.90 bits per heavy atom. The fraction of sp³-hybridized carbons (Fsp3) is 0.476. The molecular weight excluding hydrogens is 368 g/mol. The molecule has 29 heavy (non-hydrogen) atoms. The molecule has 0 atom stereocenters. The SMILES string of the molecule is Cn1c(N2CCC(Cn3cnc(C4CC4)cc3=O)CC2)nc2ncccc2c1=O. The van der Waals surface area contributed by atoms with Crippen LogP contribution in [0.2, 0.25) is 0 Å². The third-order valence-electron chi connectivity index (χ3n) is 6.08. The molecule has 0 unspecified atom stereocenters. The lowest BCUT2D eigenvalue weighted by Crippen LogP contribution is -2.39. The van der Waals surface area contributed by atoms with E-state index in [2.05, 4.69) is 19.9 Å². The summed E-state index contributed by atoms with van der Waals surface area (Å²) in [6, 6.07) is 5.22. The lowest BCUT2D eigenvalue weighted by Gasteiger charge is -2.33. The average Bonchev–Trinajstić information content (AvgIpc) is 3.58. The van der Waals surface area contributed by atoms with E-state index in [0.29, 0.717) is 35.4 Å². The fourth-order valence-corrected chi connectivity index (χ4v) is 4.15. The molecule has 0 spiro atoms. The zero-order chi connectivity index (χ0) is 20.0. The normalized spacial score (nSPS) is 17.8. The largest absolute Gasteiger partial charge is 0.342 e. The fourth-order valence-electron chi connectivity index (χ4n) is 4.15. The van der Waals surface area contributed by atoms with E-state index in [0.717, 1.165) is 44.5 Å². The molecule has 0 amide bonds. The van der Waals surface area contributed by atoms with Gasteiger partial charge in [-0.15, -0.1) is 0 Å². The monoisotopic (exact) mass is 392 g/mol. The van der Waals surface area contributed by atoms with Gasteiger partial charge in [-0.1, -0.05) is 0 Å². The van der Waals surface area contributed by atoms with Gasteiger partial charge in [0.25, 0.3) is 11.1 Å². The van der Waals surface area contributed by atoms with Gasteiger partial charge >= 0.3 is 0 Å². The first-order valence-corrected chi connectivity index (χ1v) is 10.2. The molecule has 3 aromatic rings. The van der Waals surface area contributed by atoms with Crippen molar-refractivity contribution in [3.63, 3.8) is 0 Å². The summed E-state index contributed by atoms with van der Waals surface area (Å²) in [5, 5.41) is 0.537. The summed E-state index contributed by atoms with van der Waals surface area (Å²) in [4.78, 5) is 40.5. The van der Waals surface area contributed by atoms with Gasteiger partial charge in [-0.3, -0.25) is 18.7 Å². The molecule has 4 heterocycles. The number of nitrogens with zero attached hydrogens (tertiary/aromatic N) is 6. The molecule has 0 aromatic carbocycles. The molecular formula is C21H24N6O2. The lowest BCUT2D eigenvalue weighted by atomic mass is 9.97. The topological polar surface area (TPSA) is 85.9 Å². The van der Waals surface area contributed by atoms with Crippen LogP contribution in [0.5, 0.6) is 0 Å². The van der Waals surface area contributed by atoms with Crippen LogP contribution in [0.4, 0.5) is 5.95 Å². The van der Waals surface area contributed by atoms with E-state index < -0.39 is 0 Å². The number of pyridine rings is 1. The molecule has 5 rings (SSSR count). The van der Waals surface area contributed by atoms with Crippen molar-refractivity contribution < 1.29 is 0 Å². The maximum Gasteiger partial charge on any atom is 0.264 e. The number of piperidine rings is 1. The quantitative estimate of drug-likeness (QED) is 0.672. The second-order valence-electron chi connectivity index (χ2n) is 8.16. The first kappa shape index (κ1) is 18.0. The number of anilines is 1. The summed E-state index contributed by atoms with van der Waals surface area (Å²) >= 11 is 0. The molecule has 2 aliphatic rings. The standard InChI is InChI=1S/C21H24N6O2/c1-25-20(29)16-3-2-8-22-19(16)24-21(25)26-9-6-14(7-10-26)12-27-13-23-17(11-18(27)28)15-4-5-15/h2-3,8,11,13-15H,4-7,9-10,12H2,1H3. The van der Waals surface area contributed by atoms with Crippen molar-refractivity contribution in [3.05, 3.63) is 57.1 Å². The van der Waals surface area contributed by atoms with E-state index in [9.17, 15) is 9.59 Å². The lowest BCUT2D eigenvalue weighted by molar-refractivity contribution is 0.347. The highest BCUT2D eigenvalue weighted by Crippen LogP contribution is 2.38. The van der Waals surface area contributed by atoms with Gasteiger partial charge in [0, 0.05) is 44.9 Å². The van der Waals surface area contributed by atoms with E-state index >= 15 is 0 Å². The summed E-state index contributed by atoms with van der Waals surface area (Å²) in [5.41, 5.74) is 1.40. The van der Waals surface area contributed by atoms with E-state index in [-0.39, 0.29) is 11.1 Å². The van der Waals surface area contributed by atoms with Crippen LogP contribution in [0.15, 0.2) is 40.3 Å². The first-order valence-electron chi connectivity index (χ1n) is 10.2. The summed E-state index contributed by atoms with van der Waals surface area (Å²) in [7, 11) is 1.76. The van der Waals surface area contributed by atoms with Crippen LogP contribution in [0.3, 0.4) is 0 Å². The van der Waals surface area contributed by atoms with Gasteiger partial charge in [-0.2, -0.15) is 4.98 Å². The molecule has 1 saturated heterocycles. The predicted molar refractivity (Wildman–Crippen MR) is 110 cm³/mol. The van der Waals surface area contributed by atoms with Crippen molar-refractivity contribution in [1.82, 2.24) is 24.1 Å². The van der Waals surface area contributed by atoms with Gasteiger partial charge in [0.05, 0.1) is 17.4 Å². The second kappa shape index (κ2) is 7.09.